The number of nitrogens with zero attached hydrogens (tertiary/aromatic N) is 1. The van der Waals surface area contributed by atoms with Crippen LogP contribution in [0.4, 0.5) is 0 Å². The first-order valence-electron chi connectivity index (χ1n) is 7.16. The SMILES string of the molecule is CCC1=C(C(=O)O)CCC(N2CCC[Si]2(C)C)C1. The Morgan fingerprint density at radius 3 is 2.72 bits per heavy atom. The van der Waals surface area contributed by atoms with Gasteiger partial charge >= 0.3 is 5.97 Å². The minimum absolute atomic E-state index is 0.618. The molecule has 1 N–H and O–H groups in total. The number of aliphatic carboxylic acids is 1. The molecule has 2 aliphatic rings. The van der Waals surface area contributed by atoms with Gasteiger partial charge in [-0.25, -0.2) is 4.79 Å². The number of hydrogen-bond donors (Lipinski definition) is 1. The van der Waals surface area contributed by atoms with E-state index in [9.17, 15) is 9.90 Å². The predicted octanol–water partition coefficient (Wildman–Crippen LogP) is 3.24. The van der Waals surface area contributed by atoms with Gasteiger partial charge in [-0.15, -0.1) is 0 Å². The monoisotopic (exact) mass is 267 g/mol. The van der Waals surface area contributed by atoms with Gasteiger partial charge in [0.2, 0.25) is 0 Å². The van der Waals surface area contributed by atoms with E-state index >= 15 is 0 Å². The van der Waals surface area contributed by atoms with Crippen LogP contribution >= 0.6 is 0 Å². The fraction of sp³-hybridized carbons (Fsp3) is 0.786. The summed E-state index contributed by atoms with van der Waals surface area (Å²) in [5.41, 5.74) is 1.89. The molecule has 1 aliphatic heterocycles. The van der Waals surface area contributed by atoms with Crippen molar-refractivity contribution < 1.29 is 9.90 Å². The van der Waals surface area contributed by atoms with Gasteiger partial charge in [0, 0.05) is 11.6 Å². The van der Waals surface area contributed by atoms with Crippen LogP contribution in [0.1, 0.15) is 39.0 Å². The van der Waals surface area contributed by atoms with E-state index in [1.54, 1.807) is 0 Å². The molecule has 3 nitrogen and oxygen atoms in total. The maximum absolute atomic E-state index is 11.2. The third-order valence-electron chi connectivity index (χ3n) is 4.73. The molecular formula is C14H25NO2Si. The van der Waals surface area contributed by atoms with Crippen LogP contribution in [0.15, 0.2) is 11.1 Å². The lowest BCUT2D eigenvalue weighted by molar-refractivity contribution is -0.133. The zero-order valence-corrected chi connectivity index (χ0v) is 12.8. The number of carboxylic acid groups (broad SMARTS) is 1. The summed E-state index contributed by atoms with van der Waals surface area (Å²) in [4.78, 5) is 11.2. The molecule has 0 spiro atoms. The lowest BCUT2D eigenvalue weighted by Gasteiger charge is -2.40. The fourth-order valence-corrected chi connectivity index (χ4v) is 6.97. The van der Waals surface area contributed by atoms with Crippen LogP contribution in [0.25, 0.3) is 0 Å². The molecule has 1 atom stereocenters. The van der Waals surface area contributed by atoms with Crippen LogP contribution in [0.5, 0.6) is 0 Å². The molecule has 0 aromatic rings. The summed E-state index contributed by atoms with van der Waals surface area (Å²) in [6.07, 6.45) is 5.04. The highest BCUT2D eigenvalue weighted by Gasteiger charge is 2.40. The first-order valence-corrected chi connectivity index (χ1v) is 10.3. The van der Waals surface area contributed by atoms with Gasteiger partial charge in [0.1, 0.15) is 8.24 Å². The Morgan fingerprint density at radius 2 is 2.22 bits per heavy atom. The second kappa shape index (κ2) is 5.17. The Labute approximate surface area is 111 Å². The molecule has 1 aliphatic carbocycles. The van der Waals surface area contributed by atoms with Gasteiger partial charge in [0.05, 0.1) is 0 Å². The van der Waals surface area contributed by atoms with E-state index in [-0.39, 0.29) is 0 Å². The van der Waals surface area contributed by atoms with Crippen molar-refractivity contribution in [1.82, 2.24) is 4.57 Å². The fourth-order valence-electron chi connectivity index (χ4n) is 3.68. The third kappa shape index (κ3) is 2.54. The second-order valence-corrected chi connectivity index (χ2v) is 10.9. The van der Waals surface area contributed by atoms with Gasteiger partial charge in [0.15, 0.2) is 0 Å². The van der Waals surface area contributed by atoms with E-state index in [4.69, 9.17) is 0 Å². The molecule has 0 saturated carbocycles. The van der Waals surface area contributed by atoms with Gasteiger partial charge in [-0.2, -0.15) is 0 Å². The predicted molar refractivity (Wildman–Crippen MR) is 76.2 cm³/mol. The molecule has 4 heteroatoms. The minimum atomic E-state index is -1.19. The highest BCUT2D eigenvalue weighted by molar-refractivity contribution is 6.75. The lowest BCUT2D eigenvalue weighted by Crippen LogP contribution is -2.50. The van der Waals surface area contributed by atoms with E-state index in [0.717, 1.165) is 25.7 Å². The number of hydrogen-bond acceptors (Lipinski definition) is 2. The maximum atomic E-state index is 11.2. The van der Waals surface area contributed by atoms with E-state index in [2.05, 4.69) is 24.6 Å². The largest absolute Gasteiger partial charge is 0.478 e. The Morgan fingerprint density at radius 1 is 1.50 bits per heavy atom. The first kappa shape index (κ1) is 13.8. The highest BCUT2D eigenvalue weighted by atomic mass is 28.3. The summed E-state index contributed by atoms with van der Waals surface area (Å²) in [5.74, 6) is -0.691. The van der Waals surface area contributed by atoms with Crippen molar-refractivity contribution in [3.05, 3.63) is 11.1 Å². The minimum Gasteiger partial charge on any atom is -0.478 e. The van der Waals surface area contributed by atoms with Gasteiger partial charge in [-0.05, 0) is 44.7 Å². The molecule has 0 bridgehead atoms. The van der Waals surface area contributed by atoms with Crippen LogP contribution < -0.4 is 0 Å². The average molecular weight is 267 g/mol. The Bertz CT molecular complexity index is 376. The number of carbonyl (C=O) groups is 1. The smallest absolute Gasteiger partial charge is 0.331 e. The normalized spacial score (nSPS) is 28.7. The molecule has 18 heavy (non-hydrogen) atoms. The van der Waals surface area contributed by atoms with E-state index in [1.165, 1.54) is 24.6 Å². The molecule has 0 radical (unpaired) electrons. The molecule has 0 aromatic carbocycles. The van der Waals surface area contributed by atoms with Crippen LogP contribution in [-0.4, -0.2) is 36.5 Å². The summed E-state index contributed by atoms with van der Waals surface area (Å²) in [6, 6.07) is 2.02. The van der Waals surface area contributed by atoms with E-state index in [0.29, 0.717) is 11.6 Å². The van der Waals surface area contributed by atoms with Crippen molar-refractivity contribution in [3.63, 3.8) is 0 Å². The zero-order chi connectivity index (χ0) is 13.3. The Kier molecular flexibility index (Phi) is 3.97. The molecule has 1 saturated heterocycles. The van der Waals surface area contributed by atoms with E-state index in [1.807, 2.05) is 0 Å². The summed E-state index contributed by atoms with van der Waals surface area (Å²) in [6.45, 7) is 8.25. The topological polar surface area (TPSA) is 40.5 Å². The summed E-state index contributed by atoms with van der Waals surface area (Å²) in [5, 5.41) is 9.23. The van der Waals surface area contributed by atoms with Crippen LogP contribution in [0.2, 0.25) is 19.1 Å². The summed E-state index contributed by atoms with van der Waals surface area (Å²) >= 11 is 0. The third-order valence-corrected chi connectivity index (χ3v) is 8.45. The quantitative estimate of drug-likeness (QED) is 0.798. The molecule has 0 aromatic heterocycles. The van der Waals surface area contributed by atoms with Crippen LogP contribution in [0, 0.1) is 0 Å². The molecule has 1 unspecified atom stereocenters. The Hall–Kier alpha value is -0.613. The van der Waals surface area contributed by atoms with Crippen molar-refractivity contribution in [2.24, 2.45) is 0 Å². The summed E-state index contributed by atoms with van der Waals surface area (Å²) < 4.78 is 2.75. The molecule has 1 fully saturated rings. The van der Waals surface area contributed by atoms with Crippen molar-refractivity contribution in [3.8, 4) is 0 Å². The van der Waals surface area contributed by atoms with Gasteiger partial charge in [-0.3, -0.25) is 0 Å². The second-order valence-electron chi connectivity index (χ2n) is 6.25. The lowest BCUT2D eigenvalue weighted by atomic mass is 9.87. The van der Waals surface area contributed by atoms with Crippen molar-refractivity contribution in [1.29, 1.82) is 0 Å². The maximum Gasteiger partial charge on any atom is 0.331 e. The van der Waals surface area contributed by atoms with Crippen molar-refractivity contribution in [2.45, 2.75) is 64.2 Å². The molecule has 1 heterocycles. The number of carboxylic acids is 1. The molecule has 2 rings (SSSR count). The summed E-state index contributed by atoms with van der Waals surface area (Å²) in [7, 11) is -1.19. The van der Waals surface area contributed by atoms with Gasteiger partial charge < -0.3 is 9.67 Å². The number of rotatable bonds is 3. The van der Waals surface area contributed by atoms with E-state index < -0.39 is 14.2 Å². The first-order chi connectivity index (χ1) is 8.45. The Balaban J connectivity index is 2.14. The van der Waals surface area contributed by atoms with Gasteiger partial charge in [-0.1, -0.05) is 25.6 Å². The van der Waals surface area contributed by atoms with Crippen molar-refractivity contribution in [2.75, 3.05) is 6.54 Å². The standard InChI is InChI=1S/C14H25NO2Si/c1-4-11-10-12(6-7-13(11)14(16)17)15-8-5-9-18(15,2)3/h12H,4-10H2,1-3H3,(H,16,17). The molecule has 0 amide bonds. The average Bonchev–Trinajstić information content (AvgIpc) is 2.68. The van der Waals surface area contributed by atoms with Crippen molar-refractivity contribution >= 4 is 14.2 Å². The molecular weight excluding hydrogens is 242 g/mol. The highest BCUT2D eigenvalue weighted by Crippen LogP contribution is 2.36. The zero-order valence-electron chi connectivity index (χ0n) is 11.8. The molecule has 102 valence electrons. The van der Waals surface area contributed by atoms with Crippen LogP contribution in [0.3, 0.4) is 0 Å². The van der Waals surface area contributed by atoms with Crippen LogP contribution in [-0.2, 0) is 4.79 Å². The van der Waals surface area contributed by atoms with Gasteiger partial charge in [0.25, 0.3) is 0 Å².